The van der Waals surface area contributed by atoms with Crippen LogP contribution in [0.2, 0.25) is 5.02 Å². The van der Waals surface area contributed by atoms with Gasteiger partial charge in [0.05, 0.1) is 28.7 Å². The Balaban J connectivity index is 1.76. The van der Waals surface area contributed by atoms with Gasteiger partial charge in [-0.3, -0.25) is 9.10 Å². The SMILES string of the molecule is CS(=O)(=O)N(CC(=O)N/N=C\c1cc2c(cc1Br)OCO2)c1ccc(Cl)c(C(F)(F)F)c1. The second-order valence-corrected chi connectivity index (χ2v) is 9.62. The number of benzene rings is 2. The van der Waals surface area contributed by atoms with Crippen molar-refractivity contribution in [2.75, 3.05) is 23.9 Å². The van der Waals surface area contributed by atoms with Crippen LogP contribution in [0.4, 0.5) is 18.9 Å². The largest absolute Gasteiger partial charge is 0.454 e. The molecule has 14 heteroatoms. The Morgan fingerprint density at radius 3 is 2.56 bits per heavy atom. The molecule has 2 aromatic carbocycles. The smallest absolute Gasteiger partial charge is 0.417 e. The third-order valence-electron chi connectivity index (χ3n) is 4.12. The summed E-state index contributed by atoms with van der Waals surface area (Å²) < 4.78 is 75.2. The van der Waals surface area contributed by atoms with Crippen molar-refractivity contribution in [2.45, 2.75) is 6.18 Å². The van der Waals surface area contributed by atoms with Crippen LogP contribution in [0.3, 0.4) is 0 Å². The lowest BCUT2D eigenvalue weighted by Crippen LogP contribution is -2.39. The van der Waals surface area contributed by atoms with Crippen LogP contribution in [0.1, 0.15) is 11.1 Å². The molecule has 0 atom stereocenters. The summed E-state index contributed by atoms with van der Waals surface area (Å²) in [6.07, 6.45) is -2.77. The van der Waals surface area contributed by atoms with Crippen LogP contribution in [0, 0.1) is 0 Å². The second-order valence-electron chi connectivity index (χ2n) is 6.45. The number of nitrogens with one attached hydrogen (secondary N) is 1. The predicted octanol–water partition coefficient (Wildman–Crippen LogP) is 3.77. The number of ether oxygens (including phenoxy) is 2. The molecule has 1 amide bonds. The highest BCUT2D eigenvalue weighted by atomic mass is 79.9. The fourth-order valence-corrected chi connectivity index (χ4v) is 4.15. The zero-order valence-corrected chi connectivity index (χ0v) is 19.3. The molecule has 1 heterocycles. The highest BCUT2D eigenvalue weighted by Gasteiger charge is 2.34. The third-order valence-corrected chi connectivity index (χ3v) is 6.27. The van der Waals surface area contributed by atoms with Gasteiger partial charge in [0, 0.05) is 10.0 Å². The molecule has 172 valence electrons. The number of hydrazone groups is 1. The van der Waals surface area contributed by atoms with Gasteiger partial charge < -0.3 is 9.47 Å². The fourth-order valence-electron chi connectivity index (χ4n) is 2.66. The number of nitrogens with zero attached hydrogens (tertiary/aromatic N) is 2. The maximum absolute atomic E-state index is 13.1. The molecule has 0 unspecified atom stereocenters. The van der Waals surface area contributed by atoms with E-state index >= 15 is 0 Å². The van der Waals surface area contributed by atoms with E-state index in [4.69, 9.17) is 21.1 Å². The van der Waals surface area contributed by atoms with Crippen LogP contribution in [-0.4, -0.2) is 40.1 Å². The number of halogens is 5. The number of rotatable bonds is 6. The van der Waals surface area contributed by atoms with Crippen LogP contribution >= 0.6 is 27.5 Å². The number of carbonyl (C=O) groups is 1. The average Bonchev–Trinajstić information content (AvgIpc) is 3.12. The Morgan fingerprint density at radius 1 is 1.28 bits per heavy atom. The number of carbonyl (C=O) groups excluding carboxylic acids is 1. The molecule has 1 N–H and O–H groups in total. The van der Waals surface area contributed by atoms with E-state index in [9.17, 15) is 26.4 Å². The van der Waals surface area contributed by atoms with Crippen LogP contribution in [0.25, 0.3) is 0 Å². The monoisotopic (exact) mass is 555 g/mol. The molecule has 0 aromatic heterocycles. The molecule has 1 aliphatic rings. The van der Waals surface area contributed by atoms with Gasteiger partial charge in [0.15, 0.2) is 11.5 Å². The number of fused-ring (bicyclic) bond motifs is 1. The molecule has 1 aliphatic heterocycles. The van der Waals surface area contributed by atoms with Crippen molar-refractivity contribution in [3.63, 3.8) is 0 Å². The molecule has 2 aromatic rings. The van der Waals surface area contributed by atoms with E-state index in [1.54, 1.807) is 12.1 Å². The number of hydrogen-bond acceptors (Lipinski definition) is 6. The first-order valence-corrected chi connectivity index (χ1v) is 11.6. The van der Waals surface area contributed by atoms with Gasteiger partial charge in [-0.2, -0.15) is 18.3 Å². The van der Waals surface area contributed by atoms with E-state index in [1.165, 1.54) is 6.21 Å². The topological polar surface area (TPSA) is 97.3 Å². The van der Waals surface area contributed by atoms with Gasteiger partial charge in [0.1, 0.15) is 6.54 Å². The van der Waals surface area contributed by atoms with Crippen molar-refractivity contribution in [3.05, 3.63) is 51.0 Å². The summed E-state index contributed by atoms with van der Waals surface area (Å²) in [6, 6.07) is 5.79. The summed E-state index contributed by atoms with van der Waals surface area (Å²) in [5, 5.41) is 3.16. The summed E-state index contributed by atoms with van der Waals surface area (Å²) in [6.45, 7) is -0.738. The minimum atomic E-state index is -4.80. The fraction of sp³-hybridized carbons (Fsp3) is 0.222. The molecule has 0 fully saturated rings. The van der Waals surface area contributed by atoms with Crippen molar-refractivity contribution in [3.8, 4) is 11.5 Å². The van der Waals surface area contributed by atoms with Crippen LogP contribution in [0.15, 0.2) is 39.9 Å². The van der Waals surface area contributed by atoms with Crippen LogP contribution in [0.5, 0.6) is 11.5 Å². The van der Waals surface area contributed by atoms with E-state index in [-0.39, 0.29) is 12.5 Å². The maximum Gasteiger partial charge on any atom is 0.417 e. The Hall–Kier alpha value is -2.51. The van der Waals surface area contributed by atoms with Crippen molar-refractivity contribution < 1.29 is 35.9 Å². The number of anilines is 1. The summed E-state index contributed by atoms with van der Waals surface area (Å²) >= 11 is 8.89. The molecule has 0 saturated heterocycles. The lowest BCUT2D eigenvalue weighted by Gasteiger charge is -2.22. The van der Waals surface area contributed by atoms with Gasteiger partial charge in [-0.05, 0) is 46.3 Å². The first kappa shape index (κ1) is 24.1. The Bertz CT molecular complexity index is 1190. The van der Waals surface area contributed by atoms with Gasteiger partial charge in [-0.1, -0.05) is 11.6 Å². The van der Waals surface area contributed by atoms with Gasteiger partial charge in [-0.15, -0.1) is 0 Å². The maximum atomic E-state index is 13.1. The number of hydrogen-bond donors (Lipinski definition) is 1. The zero-order chi connectivity index (χ0) is 23.7. The molecule has 0 aliphatic carbocycles. The van der Waals surface area contributed by atoms with E-state index in [0.29, 0.717) is 31.9 Å². The molecule has 0 bridgehead atoms. The van der Waals surface area contributed by atoms with E-state index < -0.39 is 39.2 Å². The summed E-state index contributed by atoms with van der Waals surface area (Å²) in [4.78, 5) is 12.2. The molecule has 8 nitrogen and oxygen atoms in total. The van der Waals surface area contributed by atoms with Gasteiger partial charge >= 0.3 is 6.18 Å². The van der Waals surface area contributed by atoms with E-state index in [0.717, 1.165) is 18.4 Å². The highest BCUT2D eigenvalue weighted by Crippen LogP contribution is 2.38. The van der Waals surface area contributed by atoms with E-state index in [1.807, 2.05) is 0 Å². The van der Waals surface area contributed by atoms with Gasteiger partial charge in [0.25, 0.3) is 5.91 Å². The molecular weight excluding hydrogens is 543 g/mol. The van der Waals surface area contributed by atoms with Crippen LogP contribution < -0.4 is 19.2 Å². The lowest BCUT2D eigenvalue weighted by atomic mass is 10.2. The first-order valence-electron chi connectivity index (χ1n) is 8.62. The number of sulfonamides is 1. The number of amides is 1. The normalized spacial score (nSPS) is 13.4. The lowest BCUT2D eigenvalue weighted by molar-refractivity contribution is -0.137. The Labute approximate surface area is 194 Å². The molecule has 0 saturated carbocycles. The quantitative estimate of drug-likeness (QED) is 0.432. The second kappa shape index (κ2) is 9.16. The van der Waals surface area contributed by atoms with Crippen LogP contribution in [-0.2, 0) is 21.0 Å². The first-order chi connectivity index (χ1) is 14.9. The Morgan fingerprint density at radius 2 is 1.94 bits per heavy atom. The number of alkyl halides is 3. The third kappa shape index (κ3) is 5.64. The van der Waals surface area contributed by atoms with Crippen molar-refractivity contribution in [2.24, 2.45) is 5.10 Å². The molecular formula is C18H14BrClF3N3O5S. The Kier molecular flexibility index (Phi) is 6.91. The highest BCUT2D eigenvalue weighted by molar-refractivity contribution is 9.10. The average molecular weight is 557 g/mol. The zero-order valence-electron chi connectivity index (χ0n) is 16.1. The van der Waals surface area contributed by atoms with Gasteiger partial charge in [0.2, 0.25) is 16.8 Å². The standard InChI is InChI=1S/C18H14BrClF3N3O5S/c1-32(28,29)26(11-2-3-14(20)12(5-11)18(21,22)23)8-17(27)25-24-7-10-4-15-16(6-13(10)19)31-9-30-15/h2-7H,8-9H2,1H3,(H,25,27)/b24-7-. The van der Waals surface area contributed by atoms with Crippen molar-refractivity contribution in [1.29, 1.82) is 0 Å². The summed E-state index contributed by atoms with van der Waals surface area (Å²) in [5.74, 6) is 0.127. The molecule has 3 rings (SSSR count). The molecule has 32 heavy (non-hydrogen) atoms. The van der Waals surface area contributed by atoms with Crippen molar-refractivity contribution >= 4 is 55.4 Å². The molecule has 0 spiro atoms. The van der Waals surface area contributed by atoms with Crippen molar-refractivity contribution in [1.82, 2.24) is 5.43 Å². The minimum Gasteiger partial charge on any atom is -0.454 e. The summed E-state index contributed by atoms with van der Waals surface area (Å²) in [7, 11) is -4.11. The predicted molar refractivity (Wildman–Crippen MR) is 115 cm³/mol. The van der Waals surface area contributed by atoms with E-state index in [2.05, 4.69) is 26.5 Å². The van der Waals surface area contributed by atoms with Gasteiger partial charge in [-0.25, -0.2) is 13.8 Å². The minimum absolute atomic E-state index is 0.0706. The molecule has 0 radical (unpaired) electrons. The summed E-state index contributed by atoms with van der Waals surface area (Å²) in [5.41, 5.74) is 1.07.